The van der Waals surface area contributed by atoms with Crippen LogP contribution in [0.3, 0.4) is 0 Å². The highest BCUT2D eigenvalue weighted by Crippen LogP contribution is 2.44. The zero-order chi connectivity index (χ0) is 17.8. The average molecular weight is 369 g/mol. The van der Waals surface area contributed by atoms with Crippen LogP contribution in [0.4, 0.5) is 13.2 Å². The molecule has 0 saturated carbocycles. The molecule has 1 aromatic carbocycles. The number of methoxy groups -OCH3 is 1. The van der Waals surface area contributed by atoms with E-state index in [1.165, 1.54) is 18.4 Å². The molecule has 0 bridgehead atoms. The molecule has 1 N–H and O–H groups in total. The molecule has 0 aliphatic carbocycles. The summed E-state index contributed by atoms with van der Waals surface area (Å²) in [6.07, 6.45) is -3.49. The van der Waals surface area contributed by atoms with Gasteiger partial charge in [0.1, 0.15) is 0 Å². The highest BCUT2D eigenvalue weighted by atomic mass is 32.1. The number of rotatable bonds is 2. The molecule has 4 rings (SSSR count). The molecule has 2 aliphatic rings. The summed E-state index contributed by atoms with van der Waals surface area (Å²) < 4.78 is 43.2. The number of hydrogen-bond donors (Lipinski definition) is 1. The standard InChI is InChI=1S/C18H18F3NO2S/c1-24-16-5-10-2-3-22-9-11-4-12(8-18(19,20)21)25-17(11)7-14(22)13(10)6-15(16)23/h4-6,14,23H,2-3,7-9H2,1H3/t14-/m0/s1. The predicted octanol–water partition coefficient (Wildman–Crippen LogP) is 4.22. The summed E-state index contributed by atoms with van der Waals surface area (Å²) in [6.45, 7) is 1.52. The van der Waals surface area contributed by atoms with Gasteiger partial charge >= 0.3 is 6.18 Å². The number of hydrogen-bond acceptors (Lipinski definition) is 4. The average Bonchev–Trinajstić information content (AvgIpc) is 2.91. The van der Waals surface area contributed by atoms with E-state index >= 15 is 0 Å². The fourth-order valence-corrected chi connectivity index (χ4v) is 5.12. The molecule has 3 heterocycles. The van der Waals surface area contributed by atoms with Gasteiger partial charge in [-0.15, -0.1) is 11.3 Å². The number of ether oxygens (including phenoxy) is 1. The van der Waals surface area contributed by atoms with Crippen molar-refractivity contribution in [2.75, 3.05) is 13.7 Å². The minimum absolute atomic E-state index is 0.102. The Balaban J connectivity index is 1.66. The number of alkyl halides is 3. The maximum Gasteiger partial charge on any atom is 0.393 e. The molecule has 0 amide bonds. The van der Waals surface area contributed by atoms with Crippen LogP contribution in [-0.2, 0) is 25.8 Å². The maximum atomic E-state index is 12.7. The molecule has 0 saturated heterocycles. The first kappa shape index (κ1) is 16.7. The molecule has 1 aromatic heterocycles. The van der Waals surface area contributed by atoms with Crippen molar-refractivity contribution in [2.24, 2.45) is 0 Å². The van der Waals surface area contributed by atoms with Crippen molar-refractivity contribution in [3.63, 3.8) is 0 Å². The Labute approximate surface area is 147 Å². The molecule has 25 heavy (non-hydrogen) atoms. The molecule has 0 fully saturated rings. The van der Waals surface area contributed by atoms with E-state index in [-0.39, 0.29) is 11.8 Å². The molecule has 134 valence electrons. The summed E-state index contributed by atoms with van der Waals surface area (Å²) in [5.74, 6) is 0.574. The second kappa shape index (κ2) is 5.92. The number of phenols is 1. The quantitative estimate of drug-likeness (QED) is 0.860. The first-order valence-electron chi connectivity index (χ1n) is 8.15. The summed E-state index contributed by atoms with van der Waals surface area (Å²) in [6, 6.07) is 5.44. The van der Waals surface area contributed by atoms with Crippen LogP contribution in [0.1, 0.15) is 32.5 Å². The highest BCUT2D eigenvalue weighted by molar-refractivity contribution is 7.12. The summed E-state index contributed by atoms with van der Waals surface area (Å²) >= 11 is 1.27. The van der Waals surface area contributed by atoms with Gasteiger partial charge in [0.2, 0.25) is 0 Å². The van der Waals surface area contributed by atoms with E-state index in [9.17, 15) is 18.3 Å². The molecular formula is C18H18F3NO2S. The van der Waals surface area contributed by atoms with E-state index in [1.807, 2.05) is 6.07 Å². The van der Waals surface area contributed by atoms with Gasteiger partial charge in [-0.05, 0) is 41.3 Å². The molecule has 1 atom stereocenters. The van der Waals surface area contributed by atoms with E-state index in [0.29, 0.717) is 23.6 Å². The zero-order valence-corrected chi connectivity index (χ0v) is 14.5. The van der Waals surface area contributed by atoms with Crippen molar-refractivity contribution in [1.82, 2.24) is 4.90 Å². The summed E-state index contributed by atoms with van der Waals surface area (Å²) in [7, 11) is 1.53. The number of phenolic OH excluding ortho intramolecular Hbond substituents is 1. The Hall–Kier alpha value is -1.73. The minimum atomic E-state index is -4.17. The first-order chi connectivity index (χ1) is 11.8. The fourth-order valence-electron chi connectivity index (χ4n) is 3.88. The smallest absolute Gasteiger partial charge is 0.393 e. The largest absolute Gasteiger partial charge is 0.504 e. The van der Waals surface area contributed by atoms with Crippen LogP contribution in [0.5, 0.6) is 11.5 Å². The number of halogens is 3. The van der Waals surface area contributed by atoms with Crippen LogP contribution in [0, 0.1) is 0 Å². The van der Waals surface area contributed by atoms with E-state index in [4.69, 9.17) is 4.74 Å². The van der Waals surface area contributed by atoms with Gasteiger partial charge in [-0.2, -0.15) is 13.2 Å². The Kier molecular flexibility index (Phi) is 3.96. The molecule has 2 aliphatic heterocycles. The first-order valence-corrected chi connectivity index (χ1v) is 8.97. The lowest BCUT2D eigenvalue weighted by molar-refractivity contribution is -0.126. The van der Waals surface area contributed by atoms with Gasteiger partial charge < -0.3 is 9.84 Å². The molecule has 2 aromatic rings. The third kappa shape index (κ3) is 3.11. The van der Waals surface area contributed by atoms with Gasteiger partial charge in [0.15, 0.2) is 11.5 Å². The number of nitrogens with zero attached hydrogens (tertiary/aromatic N) is 1. The predicted molar refractivity (Wildman–Crippen MR) is 89.3 cm³/mol. The van der Waals surface area contributed by atoms with Crippen LogP contribution in [0.2, 0.25) is 0 Å². The molecular weight excluding hydrogens is 351 g/mol. The highest BCUT2D eigenvalue weighted by Gasteiger charge is 2.35. The third-order valence-corrected chi connectivity index (χ3v) is 6.18. The van der Waals surface area contributed by atoms with Crippen molar-refractivity contribution >= 4 is 11.3 Å². The van der Waals surface area contributed by atoms with Gasteiger partial charge in [0, 0.05) is 35.3 Å². The Morgan fingerprint density at radius 1 is 1.28 bits per heavy atom. The lowest BCUT2D eigenvalue weighted by atomic mass is 9.86. The van der Waals surface area contributed by atoms with Crippen LogP contribution in [-0.4, -0.2) is 29.8 Å². The van der Waals surface area contributed by atoms with Gasteiger partial charge in [-0.25, -0.2) is 0 Å². The second-order valence-corrected chi connectivity index (χ2v) is 7.84. The summed E-state index contributed by atoms with van der Waals surface area (Å²) in [4.78, 5) is 3.71. The van der Waals surface area contributed by atoms with Gasteiger partial charge in [0.05, 0.1) is 13.5 Å². The lowest BCUT2D eigenvalue weighted by Gasteiger charge is -2.40. The molecule has 7 heteroatoms. The van der Waals surface area contributed by atoms with Gasteiger partial charge in [0.25, 0.3) is 0 Å². The minimum Gasteiger partial charge on any atom is -0.504 e. The van der Waals surface area contributed by atoms with Crippen molar-refractivity contribution < 1.29 is 23.0 Å². The Morgan fingerprint density at radius 3 is 2.80 bits per heavy atom. The molecule has 3 nitrogen and oxygen atoms in total. The number of benzene rings is 1. The Morgan fingerprint density at radius 2 is 2.08 bits per heavy atom. The zero-order valence-electron chi connectivity index (χ0n) is 13.7. The number of thiophene rings is 1. The van der Waals surface area contributed by atoms with E-state index in [0.717, 1.165) is 34.5 Å². The topological polar surface area (TPSA) is 32.7 Å². The van der Waals surface area contributed by atoms with Crippen LogP contribution in [0.25, 0.3) is 0 Å². The normalized spacial score (nSPS) is 19.9. The molecule has 0 spiro atoms. The van der Waals surface area contributed by atoms with Gasteiger partial charge in [-0.1, -0.05) is 0 Å². The second-order valence-electron chi connectivity index (χ2n) is 6.62. The number of aromatic hydroxyl groups is 1. The van der Waals surface area contributed by atoms with Gasteiger partial charge in [-0.3, -0.25) is 4.90 Å². The molecule has 0 unspecified atom stereocenters. The molecule has 0 radical (unpaired) electrons. The monoisotopic (exact) mass is 369 g/mol. The van der Waals surface area contributed by atoms with Crippen molar-refractivity contribution in [3.05, 3.63) is 44.6 Å². The SMILES string of the molecule is COc1cc2c(cc1O)[C@@H]1Cc3sc(CC(F)(F)F)cc3CN1CC2. The van der Waals surface area contributed by atoms with E-state index < -0.39 is 12.6 Å². The number of fused-ring (bicyclic) bond motifs is 4. The van der Waals surface area contributed by atoms with Crippen LogP contribution >= 0.6 is 11.3 Å². The van der Waals surface area contributed by atoms with Crippen molar-refractivity contribution in [2.45, 2.75) is 38.0 Å². The third-order valence-electron chi connectivity index (χ3n) is 4.98. The van der Waals surface area contributed by atoms with Crippen LogP contribution in [0.15, 0.2) is 18.2 Å². The van der Waals surface area contributed by atoms with Crippen LogP contribution < -0.4 is 4.74 Å². The summed E-state index contributed by atoms with van der Waals surface area (Å²) in [5.41, 5.74) is 3.22. The van der Waals surface area contributed by atoms with E-state index in [1.54, 1.807) is 12.1 Å². The Bertz CT molecular complexity index is 815. The fraction of sp³-hybridized carbons (Fsp3) is 0.444. The van der Waals surface area contributed by atoms with E-state index in [2.05, 4.69) is 4.90 Å². The maximum absolute atomic E-state index is 12.7. The lowest BCUT2D eigenvalue weighted by Crippen LogP contribution is -2.38. The summed E-state index contributed by atoms with van der Waals surface area (Å²) in [5, 5.41) is 10.1. The van der Waals surface area contributed by atoms with Crippen molar-refractivity contribution in [1.29, 1.82) is 0 Å². The van der Waals surface area contributed by atoms with Crippen molar-refractivity contribution in [3.8, 4) is 11.5 Å².